The molecule has 20 heavy (non-hydrogen) atoms. The maximum Gasteiger partial charge on any atom is 0.161 e. The van der Waals surface area contributed by atoms with Crippen LogP contribution in [-0.4, -0.2) is 31.3 Å². The second kappa shape index (κ2) is 7.23. The first-order valence-corrected chi connectivity index (χ1v) is 8.51. The molecule has 1 aliphatic rings. The summed E-state index contributed by atoms with van der Waals surface area (Å²) >= 11 is 2.00. The van der Waals surface area contributed by atoms with Crippen molar-refractivity contribution < 1.29 is 9.47 Å². The van der Waals surface area contributed by atoms with Gasteiger partial charge in [0.25, 0.3) is 0 Å². The fourth-order valence-electron chi connectivity index (χ4n) is 2.56. The summed E-state index contributed by atoms with van der Waals surface area (Å²) in [6.07, 6.45) is 6.28. The van der Waals surface area contributed by atoms with Crippen LogP contribution in [0.2, 0.25) is 0 Å². The quantitative estimate of drug-likeness (QED) is 0.795. The number of rotatable bonds is 8. The number of ether oxygens (including phenoxy) is 2. The van der Waals surface area contributed by atoms with E-state index in [2.05, 4.69) is 23.7 Å². The maximum atomic E-state index is 5.61. The number of hydrogen-bond acceptors (Lipinski definition) is 4. The van der Waals surface area contributed by atoms with Gasteiger partial charge in [0.05, 0.1) is 13.7 Å². The SMILES string of the molecule is CCOc1cc(CNCC2(SC)CCC2)ccc1OC. The Balaban J connectivity index is 1.90. The number of methoxy groups -OCH3 is 1. The van der Waals surface area contributed by atoms with E-state index < -0.39 is 0 Å². The van der Waals surface area contributed by atoms with Crippen molar-refractivity contribution in [3.05, 3.63) is 23.8 Å². The van der Waals surface area contributed by atoms with Crippen molar-refractivity contribution >= 4 is 11.8 Å². The summed E-state index contributed by atoms with van der Waals surface area (Å²) in [5, 5.41) is 3.58. The Morgan fingerprint density at radius 1 is 1.30 bits per heavy atom. The van der Waals surface area contributed by atoms with Gasteiger partial charge in [0.15, 0.2) is 11.5 Å². The first-order valence-electron chi connectivity index (χ1n) is 7.28. The molecule has 0 heterocycles. The fraction of sp³-hybridized carbons (Fsp3) is 0.625. The van der Waals surface area contributed by atoms with Gasteiger partial charge in [-0.3, -0.25) is 0 Å². The highest BCUT2D eigenvalue weighted by molar-refractivity contribution is 8.00. The molecule has 1 N–H and O–H groups in total. The van der Waals surface area contributed by atoms with Crippen LogP contribution in [0.3, 0.4) is 0 Å². The summed E-state index contributed by atoms with van der Waals surface area (Å²) in [5.74, 6) is 1.63. The molecule has 1 aromatic rings. The highest BCUT2D eigenvalue weighted by Crippen LogP contribution is 2.42. The molecule has 0 aliphatic heterocycles. The second-order valence-corrected chi connectivity index (χ2v) is 6.54. The van der Waals surface area contributed by atoms with Crippen molar-refractivity contribution in [2.45, 2.75) is 37.5 Å². The topological polar surface area (TPSA) is 30.5 Å². The Labute approximate surface area is 126 Å². The molecule has 3 nitrogen and oxygen atoms in total. The van der Waals surface area contributed by atoms with E-state index in [9.17, 15) is 0 Å². The van der Waals surface area contributed by atoms with E-state index in [1.165, 1.54) is 24.8 Å². The molecule has 0 radical (unpaired) electrons. The molecule has 112 valence electrons. The number of benzene rings is 1. The monoisotopic (exact) mass is 295 g/mol. The van der Waals surface area contributed by atoms with E-state index >= 15 is 0 Å². The minimum atomic E-state index is 0.481. The van der Waals surface area contributed by atoms with E-state index in [4.69, 9.17) is 9.47 Å². The van der Waals surface area contributed by atoms with Crippen LogP contribution in [0, 0.1) is 0 Å². The third-order valence-electron chi connectivity index (χ3n) is 4.00. The van der Waals surface area contributed by atoms with Gasteiger partial charge < -0.3 is 14.8 Å². The van der Waals surface area contributed by atoms with Crippen LogP contribution in [-0.2, 0) is 6.54 Å². The van der Waals surface area contributed by atoms with Crippen molar-refractivity contribution in [2.75, 3.05) is 26.5 Å². The first-order chi connectivity index (χ1) is 9.73. The van der Waals surface area contributed by atoms with Gasteiger partial charge in [-0.2, -0.15) is 11.8 Å². The lowest BCUT2D eigenvalue weighted by atomic mass is 9.84. The van der Waals surface area contributed by atoms with E-state index in [1.54, 1.807) is 7.11 Å². The fourth-order valence-corrected chi connectivity index (χ4v) is 3.50. The Hall–Kier alpha value is -0.870. The van der Waals surface area contributed by atoms with Crippen molar-refractivity contribution in [3.8, 4) is 11.5 Å². The number of hydrogen-bond donors (Lipinski definition) is 1. The molecular formula is C16H25NO2S. The van der Waals surface area contributed by atoms with Crippen molar-refractivity contribution in [3.63, 3.8) is 0 Å². The molecule has 1 saturated carbocycles. The predicted molar refractivity (Wildman–Crippen MR) is 86.0 cm³/mol. The number of nitrogens with one attached hydrogen (secondary N) is 1. The van der Waals surface area contributed by atoms with Crippen LogP contribution in [0.15, 0.2) is 18.2 Å². The zero-order valence-electron chi connectivity index (χ0n) is 12.7. The zero-order valence-corrected chi connectivity index (χ0v) is 13.5. The Kier molecular flexibility index (Phi) is 5.61. The lowest BCUT2D eigenvalue weighted by molar-refractivity contribution is 0.310. The molecular weight excluding hydrogens is 270 g/mol. The highest BCUT2D eigenvalue weighted by atomic mass is 32.2. The third kappa shape index (κ3) is 3.61. The minimum absolute atomic E-state index is 0.481. The van der Waals surface area contributed by atoms with Gasteiger partial charge in [-0.25, -0.2) is 0 Å². The van der Waals surface area contributed by atoms with Crippen LogP contribution < -0.4 is 14.8 Å². The average molecular weight is 295 g/mol. The molecule has 0 atom stereocenters. The van der Waals surface area contributed by atoms with Crippen LogP contribution >= 0.6 is 11.8 Å². The summed E-state index contributed by atoms with van der Waals surface area (Å²) in [7, 11) is 1.68. The first kappa shape index (κ1) is 15.5. The highest BCUT2D eigenvalue weighted by Gasteiger charge is 2.35. The van der Waals surface area contributed by atoms with Crippen molar-refractivity contribution in [1.29, 1.82) is 0 Å². The number of thioether (sulfide) groups is 1. The van der Waals surface area contributed by atoms with Crippen molar-refractivity contribution in [1.82, 2.24) is 5.32 Å². The molecule has 1 aliphatic carbocycles. The molecule has 0 amide bonds. The molecule has 4 heteroatoms. The Morgan fingerprint density at radius 3 is 2.65 bits per heavy atom. The molecule has 0 bridgehead atoms. The van der Waals surface area contributed by atoms with Crippen LogP contribution in [0.5, 0.6) is 11.5 Å². The summed E-state index contributed by atoms with van der Waals surface area (Å²) in [4.78, 5) is 0. The third-order valence-corrected chi connectivity index (χ3v) is 5.42. The summed E-state index contributed by atoms with van der Waals surface area (Å²) < 4.78 is 11.4. The van der Waals surface area contributed by atoms with Gasteiger partial charge in [-0.05, 0) is 43.7 Å². The average Bonchev–Trinajstić information content (AvgIpc) is 2.42. The lowest BCUT2D eigenvalue weighted by Gasteiger charge is -2.40. The Morgan fingerprint density at radius 2 is 2.10 bits per heavy atom. The zero-order chi connectivity index (χ0) is 14.4. The lowest BCUT2D eigenvalue weighted by Crippen LogP contribution is -2.43. The summed E-state index contributed by atoms with van der Waals surface area (Å²) in [6, 6.07) is 6.15. The molecule has 0 spiro atoms. The Bertz CT molecular complexity index is 427. The standard InChI is InChI=1S/C16H25NO2S/c1-4-19-15-10-13(6-7-14(15)18-2)11-17-12-16(20-3)8-5-9-16/h6-7,10,17H,4-5,8-9,11-12H2,1-3H3. The van der Waals surface area contributed by atoms with E-state index in [1.807, 2.05) is 24.8 Å². The molecule has 0 saturated heterocycles. The summed E-state index contributed by atoms with van der Waals surface area (Å²) in [6.45, 7) is 4.61. The molecule has 0 unspecified atom stereocenters. The largest absolute Gasteiger partial charge is 0.493 e. The van der Waals surface area contributed by atoms with Gasteiger partial charge in [0.1, 0.15) is 0 Å². The van der Waals surface area contributed by atoms with E-state index in [0.717, 1.165) is 24.6 Å². The minimum Gasteiger partial charge on any atom is -0.493 e. The van der Waals surface area contributed by atoms with Gasteiger partial charge in [0, 0.05) is 17.8 Å². The smallest absolute Gasteiger partial charge is 0.161 e. The molecule has 1 fully saturated rings. The van der Waals surface area contributed by atoms with E-state index in [0.29, 0.717) is 11.4 Å². The molecule has 0 aromatic heterocycles. The van der Waals surface area contributed by atoms with Gasteiger partial charge in [-0.15, -0.1) is 0 Å². The predicted octanol–water partition coefficient (Wildman–Crippen LogP) is 3.47. The van der Waals surface area contributed by atoms with Crippen molar-refractivity contribution in [2.24, 2.45) is 0 Å². The van der Waals surface area contributed by atoms with Crippen LogP contribution in [0.4, 0.5) is 0 Å². The van der Waals surface area contributed by atoms with E-state index in [-0.39, 0.29) is 0 Å². The molecule has 2 rings (SSSR count). The summed E-state index contributed by atoms with van der Waals surface area (Å²) in [5.41, 5.74) is 1.24. The van der Waals surface area contributed by atoms with Crippen LogP contribution in [0.25, 0.3) is 0 Å². The maximum absolute atomic E-state index is 5.61. The van der Waals surface area contributed by atoms with Crippen LogP contribution in [0.1, 0.15) is 31.7 Å². The van der Waals surface area contributed by atoms with Gasteiger partial charge in [-0.1, -0.05) is 12.5 Å². The normalized spacial score (nSPS) is 16.6. The van der Waals surface area contributed by atoms with Gasteiger partial charge >= 0.3 is 0 Å². The molecule has 1 aromatic carbocycles. The second-order valence-electron chi connectivity index (χ2n) is 5.26. The van der Waals surface area contributed by atoms with Gasteiger partial charge in [0.2, 0.25) is 0 Å².